The number of rotatable bonds is 11. The normalized spacial score (nSPS) is 21.8. The molecule has 0 radical (unpaired) electrons. The van der Waals surface area contributed by atoms with E-state index in [0.29, 0.717) is 17.9 Å². The van der Waals surface area contributed by atoms with Crippen molar-refractivity contribution < 1.29 is 18.8 Å². The van der Waals surface area contributed by atoms with Gasteiger partial charge in [-0.25, -0.2) is 8.57 Å². The molecule has 0 spiro atoms. The van der Waals surface area contributed by atoms with Gasteiger partial charge in [0.25, 0.3) is 0 Å². The van der Waals surface area contributed by atoms with Crippen LogP contribution in [-0.4, -0.2) is 48.1 Å². The predicted molar refractivity (Wildman–Crippen MR) is 163 cm³/mol. The van der Waals surface area contributed by atoms with Crippen LogP contribution in [0, 0.1) is 18.8 Å². The van der Waals surface area contributed by atoms with E-state index >= 15 is 0 Å². The Kier molecular flexibility index (Phi) is 12.0. The highest BCUT2D eigenvalue weighted by Gasteiger charge is 2.38. The van der Waals surface area contributed by atoms with Crippen LogP contribution in [0.3, 0.4) is 0 Å². The summed E-state index contributed by atoms with van der Waals surface area (Å²) in [5.41, 5.74) is 3.13. The van der Waals surface area contributed by atoms with Gasteiger partial charge >= 0.3 is 0 Å². The van der Waals surface area contributed by atoms with Crippen molar-refractivity contribution in [1.82, 2.24) is 0 Å². The molecule has 2 rings (SSSR count). The molecule has 0 saturated heterocycles. The summed E-state index contributed by atoms with van der Waals surface area (Å²) in [6.45, 7) is 19.8. The molecule has 5 nitrogen and oxygen atoms in total. The van der Waals surface area contributed by atoms with Crippen LogP contribution >= 0.6 is 0 Å². The highest BCUT2D eigenvalue weighted by molar-refractivity contribution is 7.96. The second kappa shape index (κ2) is 13.9. The first-order valence-corrected chi connectivity index (χ1v) is 18.7. The zero-order chi connectivity index (χ0) is 28.7. The van der Waals surface area contributed by atoms with Gasteiger partial charge in [-0.2, -0.15) is 0 Å². The van der Waals surface area contributed by atoms with Crippen molar-refractivity contribution in [1.29, 1.82) is 0 Å². The smallest absolute Gasteiger partial charge is 0.192 e. The van der Waals surface area contributed by atoms with E-state index in [2.05, 4.69) is 47.7 Å². The molecule has 216 valence electrons. The maximum absolute atomic E-state index is 14.9. The third kappa shape index (κ3) is 9.15. The summed E-state index contributed by atoms with van der Waals surface area (Å²) >= 11 is 0. The molecule has 0 aromatic heterocycles. The van der Waals surface area contributed by atoms with Crippen molar-refractivity contribution in [2.45, 2.75) is 116 Å². The molecule has 1 fully saturated rings. The lowest BCUT2D eigenvalue weighted by molar-refractivity contribution is 0.111. The minimum Gasteiger partial charge on any atom is -0.415 e. The fourth-order valence-electron chi connectivity index (χ4n) is 4.52. The van der Waals surface area contributed by atoms with Crippen LogP contribution in [0.5, 0.6) is 0 Å². The highest BCUT2D eigenvalue weighted by Crippen LogP contribution is 2.38. The molecule has 1 aliphatic rings. The van der Waals surface area contributed by atoms with Crippen molar-refractivity contribution >= 4 is 18.0 Å². The van der Waals surface area contributed by atoms with Crippen LogP contribution in [0.25, 0.3) is 0 Å². The fourth-order valence-corrected chi connectivity index (χ4v) is 7.79. The standard InChI is InChI=1S/C31H53NO4SSi/c1-23(2)29(21-36-38(8,9)31(5,6)7)32-37(35,27-16-14-24(3)15-17-27)22-26-12-10-11-13-28(26)30(34)20-25(4)18-19-33/h14-18,22-23,28-30,33-34H,10-13,19-21H2,1-9H3/b25-18-,26-22-/t28-,29-,30+,37+/m0/s1. The maximum atomic E-state index is 14.9. The lowest BCUT2D eigenvalue weighted by Gasteiger charge is -2.37. The average Bonchev–Trinajstić information content (AvgIpc) is 2.81. The molecule has 38 heavy (non-hydrogen) atoms. The highest BCUT2D eigenvalue weighted by atomic mass is 32.2. The fraction of sp³-hybridized carbons (Fsp3) is 0.677. The first-order chi connectivity index (χ1) is 17.6. The molecular weight excluding hydrogens is 510 g/mol. The van der Waals surface area contributed by atoms with Gasteiger partial charge in [-0.1, -0.05) is 76.0 Å². The number of aryl methyl sites for hydroxylation is 1. The van der Waals surface area contributed by atoms with E-state index in [-0.39, 0.29) is 29.5 Å². The molecule has 2 N–H and O–H groups in total. The van der Waals surface area contributed by atoms with Gasteiger partial charge in [0.2, 0.25) is 0 Å². The van der Waals surface area contributed by atoms with Gasteiger partial charge in [-0.3, -0.25) is 0 Å². The quantitative estimate of drug-likeness (QED) is 0.214. The molecule has 0 aliphatic heterocycles. The molecule has 1 saturated carbocycles. The zero-order valence-corrected chi connectivity index (χ0v) is 27.1. The van der Waals surface area contributed by atoms with E-state index in [1.807, 2.05) is 43.5 Å². The summed E-state index contributed by atoms with van der Waals surface area (Å²) < 4.78 is 26.5. The summed E-state index contributed by atoms with van der Waals surface area (Å²) in [7, 11) is -4.89. The largest absolute Gasteiger partial charge is 0.415 e. The molecule has 0 unspecified atom stereocenters. The first kappa shape index (κ1) is 33.0. The minimum absolute atomic E-state index is 0.0282. The maximum Gasteiger partial charge on any atom is 0.192 e. The Morgan fingerprint density at radius 3 is 2.39 bits per heavy atom. The number of nitrogens with zero attached hydrogens (tertiary/aromatic N) is 1. The number of benzene rings is 1. The van der Waals surface area contributed by atoms with Crippen LogP contribution in [0.4, 0.5) is 0 Å². The molecule has 0 bridgehead atoms. The first-order valence-electron chi connectivity index (χ1n) is 14.2. The topological polar surface area (TPSA) is 79.1 Å². The molecule has 0 amide bonds. The summed E-state index contributed by atoms with van der Waals surface area (Å²) in [5.74, 6) is 0.108. The van der Waals surface area contributed by atoms with Gasteiger partial charge in [-0.05, 0) is 75.7 Å². The average molecular weight is 564 g/mol. The number of aliphatic hydroxyl groups excluding tert-OH is 2. The van der Waals surface area contributed by atoms with Crippen molar-refractivity contribution in [3.63, 3.8) is 0 Å². The Morgan fingerprint density at radius 1 is 1.21 bits per heavy atom. The van der Waals surface area contributed by atoms with Crippen LogP contribution in [-0.2, 0) is 14.2 Å². The number of aliphatic hydroxyl groups is 2. The van der Waals surface area contributed by atoms with Crippen LogP contribution in [0.1, 0.15) is 79.2 Å². The number of hydrogen-bond acceptors (Lipinski definition) is 5. The Bertz CT molecular complexity index is 1080. The van der Waals surface area contributed by atoms with Crippen molar-refractivity contribution in [2.24, 2.45) is 16.2 Å². The molecule has 1 aromatic rings. The third-order valence-corrected chi connectivity index (χ3v) is 14.9. The lowest BCUT2D eigenvalue weighted by atomic mass is 9.80. The van der Waals surface area contributed by atoms with Crippen LogP contribution in [0.2, 0.25) is 18.1 Å². The number of hydrogen-bond donors (Lipinski definition) is 2. The SMILES string of the molecule is C/C(=C/CO)C[C@@H](O)[C@H]1CCCC/C1=C/[S@](=O)(=N[C@@H](CO[Si](C)(C)C(C)(C)C)C(C)C)c1ccc(C)cc1. The van der Waals surface area contributed by atoms with Gasteiger partial charge in [0, 0.05) is 11.3 Å². The van der Waals surface area contributed by atoms with E-state index in [9.17, 15) is 14.4 Å². The lowest BCUT2D eigenvalue weighted by Crippen LogP contribution is -2.43. The van der Waals surface area contributed by atoms with Crippen molar-refractivity contribution in [3.8, 4) is 0 Å². The molecule has 1 aliphatic carbocycles. The third-order valence-electron chi connectivity index (χ3n) is 8.29. The van der Waals surface area contributed by atoms with Crippen molar-refractivity contribution in [3.05, 3.63) is 52.5 Å². The minimum atomic E-state index is -2.90. The molecule has 7 heteroatoms. The second-order valence-electron chi connectivity index (χ2n) is 12.9. The van der Waals surface area contributed by atoms with E-state index in [4.69, 9.17) is 8.79 Å². The van der Waals surface area contributed by atoms with E-state index in [1.165, 1.54) is 0 Å². The summed E-state index contributed by atoms with van der Waals surface area (Å²) in [6, 6.07) is 7.65. The summed E-state index contributed by atoms with van der Waals surface area (Å²) in [5, 5.41) is 22.4. The Morgan fingerprint density at radius 2 is 1.84 bits per heavy atom. The van der Waals surface area contributed by atoms with E-state index in [1.54, 1.807) is 6.08 Å². The van der Waals surface area contributed by atoms with Gasteiger partial charge in [0.05, 0.1) is 40.0 Å². The van der Waals surface area contributed by atoms with Gasteiger partial charge in [0.1, 0.15) is 0 Å². The van der Waals surface area contributed by atoms with E-state index in [0.717, 1.165) is 42.4 Å². The van der Waals surface area contributed by atoms with Gasteiger partial charge in [-0.15, -0.1) is 0 Å². The Labute approximate surface area is 234 Å². The Hall–Kier alpha value is -1.25. The molecule has 1 aromatic carbocycles. The van der Waals surface area contributed by atoms with Crippen LogP contribution in [0.15, 0.2) is 56.2 Å². The van der Waals surface area contributed by atoms with Gasteiger partial charge in [0.15, 0.2) is 8.32 Å². The Balaban J connectivity index is 2.57. The zero-order valence-electron chi connectivity index (χ0n) is 25.3. The second-order valence-corrected chi connectivity index (χ2v) is 19.8. The van der Waals surface area contributed by atoms with Crippen LogP contribution < -0.4 is 0 Å². The molecule has 4 atom stereocenters. The monoisotopic (exact) mass is 563 g/mol. The summed E-state index contributed by atoms with van der Waals surface area (Å²) in [4.78, 5) is 0.712. The summed E-state index contributed by atoms with van der Waals surface area (Å²) in [6.07, 6.45) is 5.41. The van der Waals surface area contributed by atoms with Crippen molar-refractivity contribution in [2.75, 3.05) is 13.2 Å². The van der Waals surface area contributed by atoms with E-state index < -0.39 is 24.2 Å². The molecular formula is C31H53NO4SSi. The predicted octanol–water partition coefficient (Wildman–Crippen LogP) is 7.63. The molecule has 0 heterocycles. The van der Waals surface area contributed by atoms with Gasteiger partial charge < -0.3 is 14.6 Å².